The van der Waals surface area contributed by atoms with Crippen LogP contribution in [-0.2, 0) is 0 Å². The van der Waals surface area contributed by atoms with Crippen LogP contribution in [0.15, 0.2) is 24.3 Å². The highest BCUT2D eigenvalue weighted by Crippen LogP contribution is 2.49. The zero-order valence-corrected chi connectivity index (χ0v) is 11.2. The summed E-state index contributed by atoms with van der Waals surface area (Å²) in [5.74, 6) is 1.41. The molecule has 1 fully saturated rings. The van der Waals surface area contributed by atoms with Gasteiger partial charge in [0.05, 0.1) is 0 Å². The maximum atomic E-state index is 5.94. The van der Waals surface area contributed by atoms with E-state index in [2.05, 4.69) is 49.9 Å². The Labute approximate surface area is 105 Å². The molecule has 94 valence electrons. The van der Waals surface area contributed by atoms with Gasteiger partial charge in [0.2, 0.25) is 0 Å². The number of nitrogens with zero attached hydrogens (tertiary/aromatic N) is 1. The lowest BCUT2D eigenvalue weighted by atomic mass is 10.1. The molecule has 0 unspecified atom stereocenters. The van der Waals surface area contributed by atoms with Crippen molar-refractivity contribution in [1.82, 2.24) is 0 Å². The van der Waals surface area contributed by atoms with Crippen molar-refractivity contribution < 1.29 is 0 Å². The van der Waals surface area contributed by atoms with Crippen molar-refractivity contribution in [3.8, 4) is 0 Å². The summed E-state index contributed by atoms with van der Waals surface area (Å²) < 4.78 is 0. The standard InChI is InChI=1S/C15H24N2/c1-4-17(5-2)13-8-6-12(7-9-13)15-10-14(15)11(3)16/h6-9,11,14-15H,4-5,10,16H2,1-3H3/t11-,14-,15+/m1/s1. The Kier molecular flexibility index (Phi) is 3.72. The predicted molar refractivity (Wildman–Crippen MR) is 74.5 cm³/mol. The van der Waals surface area contributed by atoms with E-state index in [9.17, 15) is 0 Å². The molecule has 0 aliphatic heterocycles. The first kappa shape index (κ1) is 12.4. The fourth-order valence-electron chi connectivity index (χ4n) is 2.70. The smallest absolute Gasteiger partial charge is 0.0366 e. The number of rotatable bonds is 5. The zero-order chi connectivity index (χ0) is 12.4. The summed E-state index contributed by atoms with van der Waals surface area (Å²) in [5, 5.41) is 0. The van der Waals surface area contributed by atoms with Crippen molar-refractivity contribution in [3.05, 3.63) is 29.8 Å². The van der Waals surface area contributed by atoms with E-state index in [1.807, 2.05) is 0 Å². The molecule has 2 heteroatoms. The lowest BCUT2D eigenvalue weighted by Gasteiger charge is -2.21. The van der Waals surface area contributed by atoms with Crippen LogP contribution < -0.4 is 10.6 Å². The van der Waals surface area contributed by atoms with Gasteiger partial charge in [-0.15, -0.1) is 0 Å². The van der Waals surface area contributed by atoms with Crippen molar-refractivity contribution in [2.24, 2.45) is 11.7 Å². The van der Waals surface area contributed by atoms with Crippen LogP contribution >= 0.6 is 0 Å². The quantitative estimate of drug-likeness (QED) is 0.845. The monoisotopic (exact) mass is 232 g/mol. The van der Waals surface area contributed by atoms with E-state index in [0.717, 1.165) is 13.1 Å². The van der Waals surface area contributed by atoms with Crippen LogP contribution in [0.5, 0.6) is 0 Å². The van der Waals surface area contributed by atoms with E-state index in [1.54, 1.807) is 0 Å². The third-order valence-electron chi connectivity index (χ3n) is 3.96. The Hall–Kier alpha value is -1.02. The summed E-state index contributed by atoms with van der Waals surface area (Å²) in [5.41, 5.74) is 8.73. The topological polar surface area (TPSA) is 29.3 Å². The van der Waals surface area contributed by atoms with E-state index in [0.29, 0.717) is 17.9 Å². The third-order valence-corrected chi connectivity index (χ3v) is 3.96. The second-order valence-electron chi connectivity index (χ2n) is 5.13. The molecule has 0 aromatic heterocycles. The molecule has 0 spiro atoms. The largest absolute Gasteiger partial charge is 0.372 e. The molecule has 0 heterocycles. The molecule has 2 rings (SSSR count). The average molecular weight is 232 g/mol. The number of benzene rings is 1. The molecular weight excluding hydrogens is 208 g/mol. The summed E-state index contributed by atoms with van der Waals surface area (Å²) in [6.45, 7) is 8.66. The fraction of sp³-hybridized carbons (Fsp3) is 0.600. The Morgan fingerprint density at radius 2 is 1.82 bits per heavy atom. The molecule has 1 aromatic rings. The molecule has 3 atom stereocenters. The van der Waals surface area contributed by atoms with Crippen LogP contribution in [-0.4, -0.2) is 19.1 Å². The number of hydrogen-bond acceptors (Lipinski definition) is 2. The summed E-state index contributed by atoms with van der Waals surface area (Å²) in [7, 11) is 0. The molecule has 2 N–H and O–H groups in total. The van der Waals surface area contributed by atoms with Crippen LogP contribution in [0.1, 0.15) is 38.7 Å². The Morgan fingerprint density at radius 3 is 2.24 bits per heavy atom. The van der Waals surface area contributed by atoms with E-state index < -0.39 is 0 Å². The van der Waals surface area contributed by atoms with Gasteiger partial charge < -0.3 is 10.6 Å². The van der Waals surface area contributed by atoms with Gasteiger partial charge in [0.15, 0.2) is 0 Å². The van der Waals surface area contributed by atoms with Gasteiger partial charge in [-0.25, -0.2) is 0 Å². The maximum Gasteiger partial charge on any atom is 0.0366 e. The van der Waals surface area contributed by atoms with E-state index in [-0.39, 0.29) is 0 Å². The third kappa shape index (κ3) is 2.63. The fourth-order valence-corrected chi connectivity index (χ4v) is 2.70. The molecule has 17 heavy (non-hydrogen) atoms. The number of anilines is 1. The highest BCUT2D eigenvalue weighted by molar-refractivity contribution is 5.48. The SMILES string of the molecule is CCN(CC)c1ccc([C@@H]2C[C@@H]2[C@@H](C)N)cc1. The first-order chi connectivity index (χ1) is 8.17. The minimum absolute atomic E-state index is 0.336. The van der Waals surface area contributed by atoms with Crippen LogP contribution in [0, 0.1) is 5.92 Å². The minimum Gasteiger partial charge on any atom is -0.372 e. The number of nitrogens with two attached hydrogens (primary N) is 1. The predicted octanol–water partition coefficient (Wildman–Crippen LogP) is 2.98. The highest BCUT2D eigenvalue weighted by Gasteiger charge is 2.40. The molecule has 2 nitrogen and oxygen atoms in total. The molecule has 0 saturated heterocycles. The van der Waals surface area contributed by atoms with Gasteiger partial charge in [-0.05, 0) is 56.7 Å². The van der Waals surface area contributed by atoms with Crippen LogP contribution in [0.25, 0.3) is 0 Å². The second-order valence-corrected chi connectivity index (χ2v) is 5.13. The molecule has 1 aliphatic carbocycles. The Morgan fingerprint density at radius 1 is 1.24 bits per heavy atom. The van der Waals surface area contributed by atoms with Crippen LogP contribution in [0.3, 0.4) is 0 Å². The molecule has 1 saturated carbocycles. The van der Waals surface area contributed by atoms with Crippen molar-refractivity contribution in [1.29, 1.82) is 0 Å². The molecule has 1 aromatic carbocycles. The summed E-state index contributed by atoms with van der Waals surface area (Å²) in [6, 6.07) is 9.39. The van der Waals surface area contributed by atoms with Gasteiger partial charge in [-0.3, -0.25) is 0 Å². The van der Waals surface area contributed by atoms with E-state index >= 15 is 0 Å². The van der Waals surface area contributed by atoms with Crippen LogP contribution in [0.2, 0.25) is 0 Å². The summed E-state index contributed by atoms with van der Waals surface area (Å²) >= 11 is 0. The Balaban J connectivity index is 2.04. The molecule has 0 radical (unpaired) electrons. The normalized spacial score (nSPS) is 24.5. The minimum atomic E-state index is 0.336. The Bertz CT molecular complexity index is 352. The highest BCUT2D eigenvalue weighted by atomic mass is 15.1. The van der Waals surface area contributed by atoms with Gasteiger partial charge in [0.1, 0.15) is 0 Å². The summed E-state index contributed by atoms with van der Waals surface area (Å²) in [4.78, 5) is 2.37. The van der Waals surface area contributed by atoms with Gasteiger partial charge in [-0.2, -0.15) is 0 Å². The first-order valence-electron chi connectivity index (χ1n) is 6.77. The average Bonchev–Trinajstić information content (AvgIpc) is 3.12. The first-order valence-corrected chi connectivity index (χ1v) is 6.77. The van der Waals surface area contributed by atoms with Crippen molar-refractivity contribution in [2.75, 3.05) is 18.0 Å². The summed E-state index contributed by atoms with van der Waals surface area (Å²) in [6.07, 6.45) is 1.27. The van der Waals surface area contributed by atoms with Gasteiger partial charge in [0.25, 0.3) is 0 Å². The van der Waals surface area contributed by atoms with Crippen molar-refractivity contribution in [2.45, 2.75) is 39.2 Å². The molecular formula is C15H24N2. The maximum absolute atomic E-state index is 5.94. The van der Waals surface area contributed by atoms with Crippen molar-refractivity contribution in [3.63, 3.8) is 0 Å². The van der Waals surface area contributed by atoms with Gasteiger partial charge in [0, 0.05) is 24.8 Å². The van der Waals surface area contributed by atoms with Crippen molar-refractivity contribution >= 4 is 5.69 Å². The van der Waals surface area contributed by atoms with Gasteiger partial charge >= 0.3 is 0 Å². The van der Waals surface area contributed by atoms with E-state index in [1.165, 1.54) is 17.7 Å². The lowest BCUT2D eigenvalue weighted by molar-refractivity contribution is 0.631. The number of hydrogen-bond donors (Lipinski definition) is 1. The van der Waals surface area contributed by atoms with Gasteiger partial charge in [-0.1, -0.05) is 12.1 Å². The van der Waals surface area contributed by atoms with Crippen LogP contribution in [0.4, 0.5) is 5.69 Å². The molecule has 1 aliphatic rings. The zero-order valence-electron chi connectivity index (χ0n) is 11.2. The molecule has 0 amide bonds. The molecule has 0 bridgehead atoms. The van der Waals surface area contributed by atoms with E-state index in [4.69, 9.17) is 5.73 Å². The second kappa shape index (κ2) is 5.09. The lowest BCUT2D eigenvalue weighted by Crippen LogP contribution is -2.21.